The first-order chi connectivity index (χ1) is 19.6. The monoisotopic (exact) mass is 562 g/mol. The minimum Gasteiger partial charge on any atom is -0.369 e. The van der Waals surface area contributed by atoms with Gasteiger partial charge in [0.2, 0.25) is 5.52 Å². The Morgan fingerprint density at radius 1 is 1.10 bits per heavy atom. The van der Waals surface area contributed by atoms with Crippen molar-refractivity contribution in [1.29, 1.82) is 0 Å². The Hall–Kier alpha value is -2.44. The Labute approximate surface area is 245 Å². The number of rotatable bonds is 8. The van der Waals surface area contributed by atoms with Gasteiger partial charge < -0.3 is 4.90 Å². The maximum Gasteiger partial charge on any atom is 0.300 e. The standard InChI is InChI=1S/C34H50N4O3/c1-21(2)10-9-11-22(3)25-15-16-26-24-14-13-23-12-7-8-19-33(23,4)27(24)20-30(34(25,26)5)37(6)28-17-18-29(38(39)40)32-31(28)35-41-36-32/h13,17-18,21-22,24-27,30H,7-12,14-16,19-20H2,1-6H3/t22-,24+,25-,26+,27+,30?,33+,34-/m1/s1. The number of hydrogen-bond acceptors (Lipinski definition) is 6. The van der Waals surface area contributed by atoms with E-state index in [1.807, 2.05) is 6.07 Å². The Kier molecular flexibility index (Phi) is 7.47. The SMILES string of the molecule is CC(C)CCC[C@@H](C)[C@H]1CC[C@H]2[C@@H]3CC=C4CCCC[C@]4(C)[C@H]3CC(N(C)c3ccc([N+](=O)[O-])c4nonc34)[C@]12C. The molecule has 7 nitrogen and oxygen atoms in total. The van der Waals surface area contributed by atoms with Crippen LogP contribution >= 0.6 is 0 Å². The lowest BCUT2D eigenvalue weighted by molar-refractivity contribution is -0.383. The molecule has 4 aliphatic carbocycles. The van der Waals surface area contributed by atoms with Crippen molar-refractivity contribution in [2.45, 2.75) is 111 Å². The molecule has 0 bridgehead atoms. The van der Waals surface area contributed by atoms with Crippen molar-refractivity contribution in [2.24, 2.45) is 46.3 Å². The molecular weight excluding hydrogens is 512 g/mol. The van der Waals surface area contributed by atoms with E-state index in [-0.39, 0.29) is 21.5 Å². The molecule has 1 aromatic carbocycles. The van der Waals surface area contributed by atoms with Crippen LogP contribution in [0.4, 0.5) is 11.4 Å². The summed E-state index contributed by atoms with van der Waals surface area (Å²) in [6.45, 7) is 12.4. The summed E-state index contributed by atoms with van der Waals surface area (Å²) >= 11 is 0. The molecular formula is C34H50N4O3. The lowest BCUT2D eigenvalue weighted by Crippen LogP contribution is -2.60. The van der Waals surface area contributed by atoms with Crippen molar-refractivity contribution in [2.75, 3.05) is 11.9 Å². The summed E-state index contributed by atoms with van der Waals surface area (Å²) < 4.78 is 5.10. The highest BCUT2D eigenvalue weighted by Gasteiger charge is 2.63. The summed E-state index contributed by atoms with van der Waals surface area (Å²) in [5.74, 6) is 4.21. The number of nitro groups is 1. The van der Waals surface area contributed by atoms with E-state index >= 15 is 0 Å². The predicted octanol–water partition coefficient (Wildman–Crippen LogP) is 8.98. The zero-order valence-electron chi connectivity index (χ0n) is 26.1. The van der Waals surface area contributed by atoms with Crippen LogP contribution in [0.5, 0.6) is 0 Å². The molecule has 2 aromatic rings. The van der Waals surface area contributed by atoms with Crippen LogP contribution in [0.3, 0.4) is 0 Å². The highest BCUT2D eigenvalue weighted by molar-refractivity contribution is 5.93. The molecule has 0 radical (unpaired) electrons. The van der Waals surface area contributed by atoms with Crippen LogP contribution in [0.2, 0.25) is 0 Å². The van der Waals surface area contributed by atoms with E-state index in [2.05, 4.69) is 63.0 Å². The van der Waals surface area contributed by atoms with Crippen molar-refractivity contribution in [1.82, 2.24) is 10.3 Å². The summed E-state index contributed by atoms with van der Waals surface area (Å²) in [4.78, 5) is 13.8. The first-order valence-corrected chi connectivity index (χ1v) is 16.4. The van der Waals surface area contributed by atoms with E-state index in [1.54, 1.807) is 11.6 Å². The molecule has 3 saturated carbocycles. The summed E-state index contributed by atoms with van der Waals surface area (Å²) in [5.41, 5.74) is 3.82. The van der Waals surface area contributed by atoms with Gasteiger partial charge in [0.1, 0.15) is 0 Å². The molecule has 7 heteroatoms. The maximum atomic E-state index is 11.7. The van der Waals surface area contributed by atoms with E-state index in [4.69, 9.17) is 4.63 Å². The molecule has 41 heavy (non-hydrogen) atoms. The van der Waals surface area contributed by atoms with Gasteiger partial charge in [0.25, 0.3) is 0 Å². The van der Waals surface area contributed by atoms with Gasteiger partial charge >= 0.3 is 5.69 Å². The Morgan fingerprint density at radius 2 is 1.88 bits per heavy atom. The number of nitro benzene ring substituents is 1. The van der Waals surface area contributed by atoms with Gasteiger partial charge in [-0.15, -0.1) is 0 Å². The van der Waals surface area contributed by atoms with Gasteiger partial charge in [0, 0.05) is 19.2 Å². The summed E-state index contributed by atoms with van der Waals surface area (Å²) in [6.07, 6.45) is 16.9. The van der Waals surface area contributed by atoms with Crippen molar-refractivity contribution in [3.8, 4) is 0 Å². The molecule has 4 aliphatic rings. The third-order valence-electron chi connectivity index (χ3n) is 12.7. The van der Waals surface area contributed by atoms with Crippen LogP contribution in [0.1, 0.15) is 105 Å². The number of anilines is 1. The molecule has 6 rings (SSSR count). The molecule has 3 fully saturated rings. The Morgan fingerprint density at radius 3 is 2.63 bits per heavy atom. The first-order valence-electron chi connectivity index (χ1n) is 16.4. The minimum atomic E-state index is -0.384. The van der Waals surface area contributed by atoms with Crippen LogP contribution in [0, 0.1) is 56.5 Å². The quantitative estimate of drug-likeness (QED) is 0.181. The lowest BCUT2D eigenvalue weighted by Gasteiger charge is -2.62. The smallest absolute Gasteiger partial charge is 0.300 e. The Balaban J connectivity index is 1.42. The molecule has 0 amide bonds. The average Bonchev–Trinajstić information content (AvgIpc) is 3.56. The van der Waals surface area contributed by atoms with Crippen molar-refractivity contribution < 1.29 is 9.55 Å². The zero-order chi connectivity index (χ0) is 29.1. The van der Waals surface area contributed by atoms with E-state index in [0.29, 0.717) is 40.6 Å². The molecule has 1 aromatic heterocycles. The first kappa shape index (κ1) is 28.7. The topological polar surface area (TPSA) is 85.3 Å². The van der Waals surface area contributed by atoms with Crippen molar-refractivity contribution in [3.63, 3.8) is 0 Å². The third-order valence-corrected chi connectivity index (χ3v) is 12.7. The molecule has 0 saturated heterocycles. The molecule has 0 N–H and O–H groups in total. The Bertz CT molecular complexity index is 1320. The van der Waals surface area contributed by atoms with Crippen LogP contribution in [-0.4, -0.2) is 28.3 Å². The molecule has 1 heterocycles. The number of fused-ring (bicyclic) bond motifs is 6. The molecule has 224 valence electrons. The fraction of sp³-hybridized carbons (Fsp3) is 0.765. The largest absolute Gasteiger partial charge is 0.369 e. The van der Waals surface area contributed by atoms with Gasteiger partial charge in [0.05, 0.1) is 10.6 Å². The zero-order valence-corrected chi connectivity index (χ0v) is 26.1. The van der Waals surface area contributed by atoms with Crippen LogP contribution in [-0.2, 0) is 0 Å². The summed E-state index contributed by atoms with van der Waals surface area (Å²) in [6, 6.07) is 3.81. The van der Waals surface area contributed by atoms with E-state index in [1.165, 1.54) is 70.6 Å². The second-order valence-electron chi connectivity index (χ2n) is 15.0. The minimum absolute atomic E-state index is 0.0412. The predicted molar refractivity (Wildman–Crippen MR) is 164 cm³/mol. The van der Waals surface area contributed by atoms with Crippen LogP contribution in [0.25, 0.3) is 11.0 Å². The lowest BCUT2D eigenvalue weighted by atomic mass is 9.45. The number of nitrogens with zero attached hydrogens (tertiary/aromatic N) is 4. The maximum absolute atomic E-state index is 11.7. The van der Waals surface area contributed by atoms with Gasteiger partial charge in [-0.05, 0) is 108 Å². The highest BCUT2D eigenvalue weighted by Crippen LogP contribution is 2.68. The van der Waals surface area contributed by atoms with Crippen molar-refractivity contribution in [3.05, 3.63) is 33.9 Å². The fourth-order valence-corrected chi connectivity index (χ4v) is 10.7. The normalized spacial score (nSPS) is 35.5. The average molecular weight is 563 g/mol. The second-order valence-corrected chi connectivity index (χ2v) is 15.0. The van der Waals surface area contributed by atoms with E-state index < -0.39 is 0 Å². The number of aromatic nitrogens is 2. The van der Waals surface area contributed by atoms with Gasteiger partial charge in [-0.25, -0.2) is 4.63 Å². The molecule has 8 atom stereocenters. The van der Waals surface area contributed by atoms with Gasteiger partial charge in [-0.2, -0.15) is 0 Å². The number of benzene rings is 1. The van der Waals surface area contributed by atoms with Crippen LogP contribution in [0.15, 0.2) is 28.4 Å². The van der Waals surface area contributed by atoms with E-state index in [9.17, 15) is 10.1 Å². The highest BCUT2D eigenvalue weighted by atomic mass is 16.6. The summed E-state index contributed by atoms with van der Waals surface area (Å²) in [5, 5.41) is 19.9. The summed E-state index contributed by atoms with van der Waals surface area (Å²) in [7, 11) is 2.21. The number of allylic oxidation sites excluding steroid dienone is 2. The molecule has 0 aliphatic heterocycles. The van der Waals surface area contributed by atoms with Gasteiger partial charge in [0.15, 0.2) is 5.52 Å². The number of non-ortho nitro benzene ring substituents is 1. The van der Waals surface area contributed by atoms with Gasteiger partial charge in [-0.3, -0.25) is 10.1 Å². The molecule has 0 spiro atoms. The van der Waals surface area contributed by atoms with Gasteiger partial charge in [-0.1, -0.05) is 72.0 Å². The van der Waals surface area contributed by atoms with Crippen molar-refractivity contribution >= 4 is 22.4 Å². The third kappa shape index (κ3) is 4.52. The fourth-order valence-electron chi connectivity index (χ4n) is 10.7. The molecule has 1 unspecified atom stereocenters. The second kappa shape index (κ2) is 10.7. The number of hydrogen-bond donors (Lipinski definition) is 0. The van der Waals surface area contributed by atoms with Crippen LogP contribution < -0.4 is 4.90 Å². The van der Waals surface area contributed by atoms with E-state index in [0.717, 1.165) is 17.5 Å².